The zero-order valence-electron chi connectivity index (χ0n) is 17.3. The zero-order valence-corrected chi connectivity index (χ0v) is 19.6. The molecule has 1 aliphatic rings. The maximum absolute atomic E-state index is 5.32. The fourth-order valence-electron chi connectivity index (χ4n) is 3.60. The number of rotatable bonds is 8. The first-order valence-corrected chi connectivity index (χ1v) is 10.1. The molecule has 1 atom stereocenters. The predicted octanol–water partition coefficient (Wildman–Crippen LogP) is 3.43. The average Bonchev–Trinajstić information content (AvgIpc) is 3.18. The highest BCUT2D eigenvalue weighted by molar-refractivity contribution is 14.0. The average molecular weight is 509 g/mol. The first-order valence-electron chi connectivity index (χ1n) is 10.1. The number of pyridine rings is 1. The molecule has 2 N–H and O–H groups in total. The zero-order chi connectivity index (χ0) is 19.6. The van der Waals surface area contributed by atoms with E-state index < -0.39 is 0 Å². The minimum atomic E-state index is 0. The Balaban J connectivity index is 0.00000300. The van der Waals surface area contributed by atoms with Crippen LogP contribution in [0.3, 0.4) is 0 Å². The number of hydrogen-bond donors (Lipinski definition) is 2. The maximum atomic E-state index is 5.32. The number of aliphatic imine (C=N–C) groups is 1. The molecule has 2 aromatic rings. The van der Waals surface area contributed by atoms with Crippen molar-refractivity contribution in [3.63, 3.8) is 0 Å². The van der Waals surface area contributed by atoms with Crippen LogP contribution in [0, 0.1) is 0 Å². The second kappa shape index (κ2) is 12.6. The number of ether oxygens (including phenoxy) is 1. The molecule has 1 saturated heterocycles. The summed E-state index contributed by atoms with van der Waals surface area (Å²) in [5.41, 5.74) is 2.35. The normalized spacial score (nSPS) is 16.9. The summed E-state index contributed by atoms with van der Waals surface area (Å²) < 4.78 is 5.32. The van der Waals surface area contributed by atoms with Gasteiger partial charge in [-0.2, -0.15) is 0 Å². The third-order valence-corrected chi connectivity index (χ3v) is 5.03. The molecule has 1 fully saturated rings. The van der Waals surface area contributed by atoms with E-state index in [9.17, 15) is 0 Å². The van der Waals surface area contributed by atoms with Gasteiger partial charge in [-0.15, -0.1) is 24.0 Å². The molecule has 6 nitrogen and oxygen atoms in total. The van der Waals surface area contributed by atoms with Crippen molar-refractivity contribution in [2.24, 2.45) is 4.99 Å². The second-order valence-corrected chi connectivity index (χ2v) is 7.00. The van der Waals surface area contributed by atoms with Crippen molar-refractivity contribution >= 4 is 29.9 Å². The van der Waals surface area contributed by atoms with E-state index in [1.54, 1.807) is 13.3 Å². The number of guanidine groups is 1. The molecule has 1 unspecified atom stereocenters. The molecule has 2 heterocycles. The van der Waals surface area contributed by atoms with Crippen LogP contribution in [0.25, 0.3) is 0 Å². The van der Waals surface area contributed by atoms with Gasteiger partial charge in [-0.25, -0.2) is 9.98 Å². The molecule has 7 heteroatoms. The van der Waals surface area contributed by atoms with E-state index in [0.29, 0.717) is 18.5 Å². The van der Waals surface area contributed by atoms with E-state index in [-0.39, 0.29) is 24.0 Å². The van der Waals surface area contributed by atoms with Crippen LogP contribution in [0.2, 0.25) is 0 Å². The molecular weight excluding hydrogens is 477 g/mol. The fraction of sp³-hybridized carbons (Fsp3) is 0.455. The van der Waals surface area contributed by atoms with Gasteiger partial charge in [0.1, 0.15) is 0 Å². The number of likely N-dealkylation sites (tertiary alicyclic amines) is 1. The Kier molecular flexibility index (Phi) is 10.2. The number of hydrogen-bond acceptors (Lipinski definition) is 4. The van der Waals surface area contributed by atoms with Crippen LogP contribution in [0.15, 0.2) is 53.7 Å². The summed E-state index contributed by atoms with van der Waals surface area (Å²) >= 11 is 0. The first kappa shape index (κ1) is 23.4. The smallest absolute Gasteiger partial charge is 0.218 e. The summed E-state index contributed by atoms with van der Waals surface area (Å²) in [4.78, 5) is 11.5. The van der Waals surface area contributed by atoms with Crippen LogP contribution >= 0.6 is 24.0 Å². The van der Waals surface area contributed by atoms with Gasteiger partial charge in [0.05, 0.1) is 13.7 Å². The lowest BCUT2D eigenvalue weighted by atomic mass is 10.2. The van der Waals surface area contributed by atoms with Crippen LogP contribution < -0.4 is 15.4 Å². The van der Waals surface area contributed by atoms with E-state index in [4.69, 9.17) is 9.73 Å². The standard InChI is InChI=1S/C22H31N5O.HI/c1-3-23-22(25-15-19-11-7-13-24-21(19)28-2)26-16-20-12-8-14-27(20)17-18-9-5-4-6-10-18;/h4-7,9-11,13,20H,3,8,12,14-17H2,1-2H3,(H2,23,25,26);1H. The van der Waals surface area contributed by atoms with E-state index in [1.165, 1.54) is 18.4 Å². The van der Waals surface area contributed by atoms with Crippen molar-refractivity contribution in [1.82, 2.24) is 20.5 Å². The summed E-state index contributed by atoms with van der Waals surface area (Å²) in [6, 6.07) is 15.1. The summed E-state index contributed by atoms with van der Waals surface area (Å²) in [6.07, 6.45) is 4.20. The molecule has 0 radical (unpaired) electrons. The highest BCUT2D eigenvalue weighted by Gasteiger charge is 2.24. The Labute approximate surface area is 191 Å². The van der Waals surface area contributed by atoms with Crippen LogP contribution in [0.4, 0.5) is 0 Å². The SMILES string of the molecule is CCNC(=NCc1cccnc1OC)NCC1CCCN1Cc1ccccc1.I. The van der Waals surface area contributed by atoms with Gasteiger partial charge in [0.25, 0.3) is 0 Å². The summed E-state index contributed by atoms with van der Waals surface area (Å²) in [5.74, 6) is 1.46. The van der Waals surface area contributed by atoms with Crippen molar-refractivity contribution in [3.05, 3.63) is 59.8 Å². The molecular formula is C22H32IN5O. The number of methoxy groups -OCH3 is 1. The molecule has 1 aromatic carbocycles. The summed E-state index contributed by atoms with van der Waals surface area (Å²) in [5, 5.41) is 6.86. The Morgan fingerprint density at radius 3 is 2.79 bits per heavy atom. The number of nitrogens with zero attached hydrogens (tertiary/aromatic N) is 3. The highest BCUT2D eigenvalue weighted by atomic mass is 127. The summed E-state index contributed by atoms with van der Waals surface area (Å²) in [6.45, 7) is 6.50. The maximum Gasteiger partial charge on any atom is 0.218 e. The lowest BCUT2D eigenvalue weighted by Crippen LogP contribution is -2.44. The van der Waals surface area contributed by atoms with E-state index in [1.807, 2.05) is 12.1 Å². The highest BCUT2D eigenvalue weighted by Crippen LogP contribution is 2.19. The fourth-order valence-corrected chi connectivity index (χ4v) is 3.60. The van der Waals surface area contributed by atoms with Gasteiger partial charge >= 0.3 is 0 Å². The van der Waals surface area contributed by atoms with Gasteiger partial charge in [-0.1, -0.05) is 36.4 Å². The van der Waals surface area contributed by atoms with Gasteiger partial charge < -0.3 is 15.4 Å². The minimum absolute atomic E-state index is 0. The van der Waals surface area contributed by atoms with Gasteiger partial charge in [0.2, 0.25) is 5.88 Å². The van der Waals surface area contributed by atoms with Crippen molar-refractivity contribution in [2.45, 2.75) is 38.9 Å². The summed E-state index contributed by atoms with van der Waals surface area (Å²) in [7, 11) is 1.64. The van der Waals surface area contributed by atoms with Gasteiger partial charge in [-0.05, 0) is 37.9 Å². The van der Waals surface area contributed by atoms with Crippen molar-refractivity contribution in [3.8, 4) is 5.88 Å². The molecule has 3 rings (SSSR count). The monoisotopic (exact) mass is 509 g/mol. The van der Waals surface area contributed by atoms with Crippen molar-refractivity contribution in [2.75, 3.05) is 26.7 Å². The Morgan fingerprint density at radius 1 is 1.21 bits per heavy atom. The molecule has 0 aliphatic carbocycles. The Morgan fingerprint density at radius 2 is 2.03 bits per heavy atom. The molecule has 0 spiro atoms. The van der Waals surface area contributed by atoms with Crippen LogP contribution in [-0.2, 0) is 13.1 Å². The lowest BCUT2D eigenvalue weighted by molar-refractivity contribution is 0.245. The van der Waals surface area contributed by atoms with E-state index in [2.05, 4.69) is 57.8 Å². The molecule has 0 amide bonds. The van der Waals surface area contributed by atoms with Crippen LogP contribution in [0.1, 0.15) is 30.9 Å². The largest absolute Gasteiger partial charge is 0.481 e. The second-order valence-electron chi connectivity index (χ2n) is 7.00. The molecule has 0 bridgehead atoms. The Bertz CT molecular complexity index is 756. The number of aromatic nitrogens is 1. The molecule has 29 heavy (non-hydrogen) atoms. The number of benzene rings is 1. The molecule has 1 aromatic heterocycles. The quantitative estimate of drug-likeness (QED) is 0.325. The predicted molar refractivity (Wildman–Crippen MR) is 129 cm³/mol. The number of nitrogens with one attached hydrogen (secondary N) is 2. The third kappa shape index (κ3) is 7.15. The van der Waals surface area contributed by atoms with E-state index >= 15 is 0 Å². The van der Waals surface area contributed by atoms with Gasteiger partial charge in [-0.3, -0.25) is 4.90 Å². The van der Waals surface area contributed by atoms with Crippen molar-refractivity contribution < 1.29 is 4.74 Å². The number of halogens is 1. The molecule has 0 saturated carbocycles. The van der Waals surface area contributed by atoms with Crippen LogP contribution in [0.5, 0.6) is 5.88 Å². The van der Waals surface area contributed by atoms with Gasteiger partial charge in [0.15, 0.2) is 5.96 Å². The topological polar surface area (TPSA) is 61.8 Å². The minimum Gasteiger partial charge on any atom is -0.481 e. The van der Waals surface area contributed by atoms with E-state index in [0.717, 1.165) is 37.7 Å². The third-order valence-electron chi connectivity index (χ3n) is 5.03. The lowest BCUT2D eigenvalue weighted by Gasteiger charge is -2.25. The molecule has 158 valence electrons. The first-order chi connectivity index (χ1) is 13.8. The Hall–Kier alpha value is -1.87. The molecule has 1 aliphatic heterocycles. The van der Waals surface area contributed by atoms with Crippen LogP contribution in [-0.4, -0.2) is 48.6 Å². The van der Waals surface area contributed by atoms with Crippen molar-refractivity contribution in [1.29, 1.82) is 0 Å². The van der Waals surface area contributed by atoms with Gasteiger partial charge in [0, 0.05) is 37.4 Å².